The Hall–Kier alpha value is -3.79. The quantitative estimate of drug-likeness (QED) is 0.376. The summed E-state index contributed by atoms with van der Waals surface area (Å²) in [5.74, 6) is 1.68. The molecule has 0 fully saturated rings. The standard InChI is InChI=1S/C22H18BrN3O6/c1-28-16-10-12(11-17(29-2)19(16)30-3)20-25-22(32-26-20)13-6-4-5-7-14(13)24-21(27)15-8-9-18(23)31-15/h4-11H,1-3H3,(H,24,27). The lowest BCUT2D eigenvalue weighted by atomic mass is 10.1. The Morgan fingerprint density at radius 2 is 1.72 bits per heavy atom. The molecular formula is C22H18BrN3O6. The van der Waals surface area contributed by atoms with Gasteiger partial charge in [-0.2, -0.15) is 4.98 Å². The van der Waals surface area contributed by atoms with E-state index in [1.54, 1.807) is 48.5 Å². The second-order valence-corrected chi connectivity index (χ2v) is 7.22. The summed E-state index contributed by atoms with van der Waals surface area (Å²) in [5.41, 5.74) is 1.65. The van der Waals surface area contributed by atoms with E-state index in [9.17, 15) is 4.79 Å². The van der Waals surface area contributed by atoms with Crippen LogP contribution in [0.4, 0.5) is 5.69 Å². The second-order valence-electron chi connectivity index (χ2n) is 6.44. The molecule has 1 N–H and O–H groups in total. The predicted molar refractivity (Wildman–Crippen MR) is 119 cm³/mol. The van der Waals surface area contributed by atoms with Crippen molar-refractivity contribution in [3.05, 3.63) is 59.0 Å². The molecule has 2 heterocycles. The predicted octanol–water partition coefficient (Wildman–Crippen LogP) is 5.04. The average Bonchev–Trinajstić information content (AvgIpc) is 3.48. The lowest BCUT2D eigenvalue weighted by Gasteiger charge is -2.12. The van der Waals surface area contributed by atoms with E-state index in [0.717, 1.165) is 0 Å². The van der Waals surface area contributed by atoms with Crippen molar-refractivity contribution < 1.29 is 27.9 Å². The highest BCUT2D eigenvalue weighted by Crippen LogP contribution is 2.41. The van der Waals surface area contributed by atoms with Crippen LogP contribution in [-0.2, 0) is 0 Å². The SMILES string of the molecule is COc1cc(-c2noc(-c3ccccc3NC(=O)c3ccc(Br)o3)n2)cc(OC)c1OC. The summed E-state index contributed by atoms with van der Waals surface area (Å²) in [5, 5.41) is 6.88. The fourth-order valence-electron chi connectivity index (χ4n) is 3.06. The Morgan fingerprint density at radius 1 is 1.00 bits per heavy atom. The largest absolute Gasteiger partial charge is 0.493 e. The first kappa shape index (κ1) is 21.4. The molecule has 0 spiro atoms. The number of furan rings is 1. The molecule has 2 aromatic heterocycles. The summed E-state index contributed by atoms with van der Waals surface area (Å²) in [6, 6.07) is 13.7. The monoisotopic (exact) mass is 499 g/mol. The lowest BCUT2D eigenvalue weighted by molar-refractivity contribution is 0.0995. The van der Waals surface area contributed by atoms with Gasteiger partial charge in [0.1, 0.15) is 0 Å². The van der Waals surface area contributed by atoms with E-state index in [0.29, 0.717) is 44.6 Å². The van der Waals surface area contributed by atoms with E-state index >= 15 is 0 Å². The van der Waals surface area contributed by atoms with Crippen LogP contribution < -0.4 is 19.5 Å². The molecule has 164 valence electrons. The molecule has 4 aromatic rings. The van der Waals surface area contributed by atoms with Gasteiger partial charge in [-0.3, -0.25) is 4.79 Å². The Kier molecular flexibility index (Phi) is 6.13. The first-order valence-electron chi connectivity index (χ1n) is 9.34. The molecule has 0 bridgehead atoms. The number of para-hydroxylation sites is 1. The first-order chi connectivity index (χ1) is 15.5. The third kappa shape index (κ3) is 4.17. The summed E-state index contributed by atoms with van der Waals surface area (Å²) in [7, 11) is 4.58. The van der Waals surface area contributed by atoms with Gasteiger partial charge in [0.15, 0.2) is 21.9 Å². The molecule has 0 radical (unpaired) electrons. The molecule has 0 unspecified atom stereocenters. The van der Waals surface area contributed by atoms with Crippen LogP contribution in [0.1, 0.15) is 10.6 Å². The Morgan fingerprint density at radius 3 is 2.34 bits per heavy atom. The normalized spacial score (nSPS) is 10.6. The van der Waals surface area contributed by atoms with Gasteiger partial charge in [0, 0.05) is 5.56 Å². The van der Waals surface area contributed by atoms with Crippen molar-refractivity contribution in [2.24, 2.45) is 0 Å². The zero-order valence-electron chi connectivity index (χ0n) is 17.3. The van der Waals surface area contributed by atoms with Crippen LogP contribution in [0.3, 0.4) is 0 Å². The number of carbonyl (C=O) groups is 1. The van der Waals surface area contributed by atoms with Crippen molar-refractivity contribution in [3.8, 4) is 40.1 Å². The number of hydrogen-bond acceptors (Lipinski definition) is 8. The maximum atomic E-state index is 12.5. The number of nitrogens with zero attached hydrogens (tertiary/aromatic N) is 2. The summed E-state index contributed by atoms with van der Waals surface area (Å²) in [4.78, 5) is 17.0. The number of methoxy groups -OCH3 is 3. The molecule has 0 atom stereocenters. The average molecular weight is 500 g/mol. The number of ether oxygens (including phenoxy) is 3. The van der Waals surface area contributed by atoms with E-state index < -0.39 is 5.91 Å². The third-order valence-electron chi connectivity index (χ3n) is 4.55. The van der Waals surface area contributed by atoms with Crippen LogP contribution in [0.5, 0.6) is 17.2 Å². The highest BCUT2D eigenvalue weighted by molar-refractivity contribution is 9.10. The van der Waals surface area contributed by atoms with E-state index in [2.05, 4.69) is 31.4 Å². The number of nitrogens with one attached hydrogen (secondary N) is 1. The molecule has 0 aliphatic heterocycles. The topological polar surface area (TPSA) is 109 Å². The maximum Gasteiger partial charge on any atom is 0.291 e. The zero-order chi connectivity index (χ0) is 22.7. The van der Waals surface area contributed by atoms with Crippen LogP contribution in [0.2, 0.25) is 0 Å². The minimum atomic E-state index is -0.410. The molecule has 0 aliphatic carbocycles. The molecule has 10 heteroatoms. The Balaban J connectivity index is 1.67. The van der Waals surface area contributed by atoms with Crippen molar-refractivity contribution in [1.29, 1.82) is 0 Å². The van der Waals surface area contributed by atoms with Crippen molar-refractivity contribution in [3.63, 3.8) is 0 Å². The molecule has 4 rings (SSSR count). The van der Waals surface area contributed by atoms with Gasteiger partial charge in [0.25, 0.3) is 11.8 Å². The van der Waals surface area contributed by atoms with Crippen molar-refractivity contribution >= 4 is 27.5 Å². The van der Waals surface area contributed by atoms with Crippen LogP contribution in [0, 0.1) is 0 Å². The van der Waals surface area contributed by atoms with Gasteiger partial charge in [-0.25, -0.2) is 0 Å². The summed E-state index contributed by atoms with van der Waals surface area (Å²) in [6.45, 7) is 0. The highest BCUT2D eigenvalue weighted by atomic mass is 79.9. The van der Waals surface area contributed by atoms with Crippen LogP contribution >= 0.6 is 15.9 Å². The molecule has 0 aliphatic rings. The summed E-state index contributed by atoms with van der Waals surface area (Å²) >= 11 is 3.19. The number of anilines is 1. The first-order valence-corrected chi connectivity index (χ1v) is 10.1. The van der Waals surface area contributed by atoms with Gasteiger partial charge in [0.2, 0.25) is 11.6 Å². The number of carbonyl (C=O) groups excluding carboxylic acids is 1. The van der Waals surface area contributed by atoms with Gasteiger partial charge in [-0.1, -0.05) is 17.3 Å². The van der Waals surface area contributed by atoms with Crippen molar-refractivity contribution in [1.82, 2.24) is 10.1 Å². The number of benzene rings is 2. The molecule has 0 saturated heterocycles. The molecule has 9 nitrogen and oxygen atoms in total. The molecule has 2 aromatic carbocycles. The highest BCUT2D eigenvalue weighted by Gasteiger charge is 2.20. The Bertz CT molecular complexity index is 1240. The minimum Gasteiger partial charge on any atom is -0.493 e. The van der Waals surface area contributed by atoms with Crippen LogP contribution in [-0.4, -0.2) is 37.4 Å². The van der Waals surface area contributed by atoms with Crippen molar-refractivity contribution in [2.75, 3.05) is 26.6 Å². The minimum absolute atomic E-state index is 0.162. The maximum absolute atomic E-state index is 12.5. The number of halogens is 1. The van der Waals surface area contributed by atoms with Gasteiger partial charge in [0.05, 0.1) is 32.6 Å². The third-order valence-corrected chi connectivity index (χ3v) is 4.98. The van der Waals surface area contributed by atoms with E-state index in [4.69, 9.17) is 23.2 Å². The van der Waals surface area contributed by atoms with Gasteiger partial charge in [-0.15, -0.1) is 0 Å². The molecule has 0 saturated carbocycles. The second kappa shape index (κ2) is 9.15. The number of hydrogen-bond donors (Lipinski definition) is 1. The molecular weight excluding hydrogens is 482 g/mol. The Labute approximate surface area is 191 Å². The fraction of sp³-hybridized carbons (Fsp3) is 0.136. The summed E-state index contributed by atoms with van der Waals surface area (Å²) < 4.78 is 27.4. The number of aromatic nitrogens is 2. The zero-order valence-corrected chi connectivity index (χ0v) is 18.9. The number of amides is 1. The lowest BCUT2D eigenvalue weighted by Crippen LogP contribution is -2.11. The molecule has 1 amide bonds. The number of rotatable bonds is 7. The van der Waals surface area contributed by atoms with Crippen LogP contribution in [0.25, 0.3) is 22.8 Å². The van der Waals surface area contributed by atoms with Gasteiger partial charge >= 0.3 is 0 Å². The summed E-state index contributed by atoms with van der Waals surface area (Å²) in [6.07, 6.45) is 0. The van der Waals surface area contributed by atoms with E-state index in [-0.39, 0.29) is 11.7 Å². The van der Waals surface area contributed by atoms with E-state index in [1.165, 1.54) is 21.3 Å². The van der Waals surface area contributed by atoms with Crippen molar-refractivity contribution in [2.45, 2.75) is 0 Å². The van der Waals surface area contributed by atoms with Gasteiger partial charge in [-0.05, 0) is 52.3 Å². The molecule has 32 heavy (non-hydrogen) atoms. The smallest absolute Gasteiger partial charge is 0.291 e. The van der Waals surface area contributed by atoms with Crippen LogP contribution in [0.15, 0.2) is 62.1 Å². The fourth-order valence-corrected chi connectivity index (χ4v) is 3.37. The van der Waals surface area contributed by atoms with E-state index in [1.807, 2.05) is 0 Å². The van der Waals surface area contributed by atoms with Gasteiger partial charge < -0.3 is 28.5 Å².